The first-order valence-corrected chi connectivity index (χ1v) is 5.80. The first kappa shape index (κ1) is 10.2. The van der Waals surface area contributed by atoms with Gasteiger partial charge >= 0.3 is 0 Å². The summed E-state index contributed by atoms with van der Waals surface area (Å²) < 4.78 is 0. The van der Waals surface area contributed by atoms with Gasteiger partial charge in [-0.1, -0.05) is 34.8 Å². The van der Waals surface area contributed by atoms with Crippen LogP contribution in [0.15, 0.2) is 22.9 Å². The van der Waals surface area contributed by atoms with Crippen LogP contribution in [0.25, 0.3) is 11.3 Å². The van der Waals surface area contributed by atoms with E-state index in [1.54, 1.807) is 17.4 Å². The third kappa shape index (κ3) is 1.89. The zero-order valence-electron chi connectivity index (χ0n) is 6.80. The van der Waals surface area contributed by atoms with Crippen molar-refractivity contribution in [2.75, 3.05) is 0 Å². The Hall–Kier alpha value is -0.280. The third-order valence-corrected chi connectivity index (χ3v) is 3.33. The van der Waals surface area contributed by atoms with Crippen LogP contribution >= 0.6 is 46.1 Å². The van der Waals surface area contributed by atoms with Gasteiger partial charge in [-0.05, 0) is 17.5 Å². The van der Waals surface area contributed by atoms with Crippen molar-refractivity contribution in [1.82, 2.24) is 4.98 Å². The van der Waals surface area contributed by atoms with Crippen LogP contribution in [-0.4, -0.2) is 4.98 Å². The molecule has 0 N–H and O–H groups in total. The second-order valence-corrected chi connectivity index (χ2v) is 4.56. The first-order chi connectivity index (χ1) is 6.68. The highest BCUT2D eigenvalue weighted by molar-refractivity contribution is 7.08. The Morgan fingerprint density at radius 2 is 1.93 bits per heavy atom. The van der Waals surface area contributed by atoms with Gasteiger partial charge in [0, 0.05) is 10.9 Å². The lowest BCUT2D eigenvalue weighted by Gasteiger charge is -2.02. The van der Waals surface area contributed by atoms with Gasteiger partial charge in [0.2, 0.25) is 0 Å². The summed E-state index contributed by atoms with van der Waals surface area (Å²) in [5.74, 6) is 0. The smallest absolute Gasteiger partial charge is 0.148 e. The van der Waals surface area contributed by atoms with E-state index in [4.69, 9.17) is 34.8 Å². The van der Waals surface area contributed by atoms with E-state index in [0.29, 0.717) is 15.7 Å². The molecule has 0 radical (unpaired) electrons. The van der Waals surface area contributed by atoms with Gasteiger partial charge in [-0.2, -0.15) is 11.3 Å². The van der Waals surface area contributed by atoms with Crippen molar-refractivity contribution in [2.45, 2.75) is 0 Å². The maximum Gasteiger partial charge on any atom is 0.148 e. The molecule has 0 unspecified atom stereocenters. The van der Waals surface area contributed by atoms with E-state index in [2.05, 4.69) is 4.98 Å². The Labute approximate surface area is 100 Å². The standard InChI is InChI=1S/C9H4Cl3NS/c10-6-3-7(11)9(12)13-8(6)5-1-2-14-4-5/h1-4H. The molecule has 0 aliphatic rings. The summed E-state index contributed by atoms with van der Waals surface area (Å²) in [5, 5.41) is 5.07. The highest BCUT2D eigenvalue weighted by Gasteiger charge is 2.09. The lowest BCUT2D eigenvalue weighted by molar-refractivity contribution is 1.33. The Morgan fingerprint density at radius 1 is 1.14 bits per heavy atom. The number of hydrogen-bond donors (Lipinski definition) is 0. The number of thiophene rings is 1. The second kappa shape index (κ2) is 4.07. The van der Waals surface area contributed by atoms with E-state index in [0.717, 1.165) is 5.56 Å². The molecule has 0 aliphatic carbocycles. The Balaban J connectivity index is 2.60. The second-order valence-electron chi connectivity index (χ2n) is 2.60. The zero-order chi connectivity index (χ0) is 10.1. The molecule has 5 heteroatoms. The first-order valence-electron chi connectivity index (χ1n) is 3.72. The van der Waals surface area contributed by atoms with Gasteiger partial charge < -0.3 is 0 Å². The minimum atomic E-state index is 0.275. The van der Waals surface area contributed by atoms with Crippen molar-refractivity contribution < 1.29 is 0 Å². The van der Waals surface area contributed by atoms with E-state index >= 15 is 0 Å². The average molecular weight is 265 g/mol. The van der Waals surface area contributed by atoms with E-state index in [1.807, 2.05) is 16.8 Å². The maximum absolute atomic E-state index is 5.99. The predicted octanol–water partition coefficient (Wildman–Crippen LogP) is 4.77. The highest BCUT2D eigenvalue weighted by atomic mass is 35.5. The number of aromatic nitrogens is 1. The normalized spacial score (nSPS) is 10.5. The van der Waals surface area contributed by atoms with Gasteiger partial charge in [-0.15, -0.1) is 0 Å². The molecule has 0 spiro atoms. The Kier molecular flexibility index (Phi) is 2.98. The fraction of sp³-hybridized carbons (Fsp3) is 0. The number of pyridine rings is 1. The minimum absolute atomic E-state index is 0.275. The van der Waals surface area contributed by atoms with Gasteiger partial charge in [0.15, 0.2) is 0 Å². The topological polar surface area (TPSA) is 12.9 Å². The van der Waals surface area contributed by atoms with E-state index in [9.17, 15) is 0 Å². The number of halogens is 3. The van der Waals surface area contributed by atoms with Crippen LogP contribution in [0.4, 0.5) is 0 Å². The lowest BCUT2D eigenvalue weighted by atomic mass is 10.2. The summed E-state index contributed by atoms with van der Waals surface area (Å²) in [6.07, 6.45) is 0. The van der Waals surface area contributed by atoms with Gasteiger partial charge in [0.1, 0.15) is 5.15 Å². The number of nitrogens with zero attached hydrogens (tertiary/aromatic N) is 1. The fourth-order valence-corrected chi connectivity index (χ4v) is 2.29. The lowest BCUT2D eigenvalue weighted by Crippen LogP contribution is -1.85. The van der Waals surface area contributed by atoms with Crippen molar-refractivity contribution in [1.29, 1.82) is 0 Å². The average Bonchev–Trinajstić information content (AvgIpc) is 2.64. The monoisotopic (exact) mass is 263 g/mol. The predicted molar refractivity (Wildman–Crippen MR) is 62.6 cm³/mol. The molecule has 2 aromatic heterocycles. The molecule has 0 bridgehead atoms. The minimum Gasteiger partial charge on any atom is -0.233 e. The Morgan fingerprint density at radius 3 is 2.57 bits per heavy atom. The molecule has 0 amide bonds. The molecule has 2 aromatic rings. The molecule has 0 fully saturated rings. The van der Waals surface area contributed by atoms with Crippen LogP contribution in [0, 0.1) is 0 Å². The van der Waals surface area contributed by atoms with Crippen LogP contribution < -0.4 is 0 Å². The van der Waals surface area contributed by atoms with E-state index in [-0.39, 0.29) is 5.15 Å². The molecule has 14 heavy (non-hydrogen) atoms. The number of hydrogen-bond acceptors (Lipinski definition) is 2. The zero-order valence-corrected chi connectivity index (χ0v) is 9.88. The van der Waals surface area contributed by atoms with Gasteiger partial charge in [0.25, 0.3) is 0 Å². The molecule has 0 atom stereocenters. The molecular formula is C9H4Cl3NS. The van der Waals surface area contributed by atoms with Crippen molar-refractivity contribution >= 4 is 46.1 Å². The largest absolute Gasteiger partial charge is 0.233 e. The SMILES string of the molecule is Clc1cc(Cl)c(-c2ccsc2)nc1Cl. The molecular weight excluding hydrogens is 261 g/mol. The molecule has 2 rings (SSSR count). The Bertz CT molecular complexity index is 453. The highest BCUT2D eigenvalue weighted by Crippen LogP contribution is 2.32. The molecule has 0 saturated heterocycles. The van der Waals surface area contributed by atoms with Gasteiger partial charge in [-0.3, -0.25) is 0 Å². The van der Waals surface area contributed by atoms with Crippen molar-refractivity contribution in [3.8, 4) is 11.3 Å². The molecule has 1 nitrogen and oxygen atoms in total. The summed E-state index contributed by atoms with van der Waals surface area (Å²) in [4.78, 5) is 4.12. The molecule has 0 saturated carbocycles. The van der Waals surface area contributed by atoms with E-state index < -0.39 is 0 Å². The van der Waals surface area contributed by atoms with Crippen LogP contribution in [0.5, 0.6) is 0 Å². The summed E-state index contributed by atoms with van der Waals surface area (Å²) >= 11 is 19.1. The molecule has 0 aliphatic heterocycles. The summed E-state index contributed by atoms with van der Waals surface area (Å²) in [5.41, 5.74) is 1.63. The van der Waals surface area contributed by atoms with Crippen LogP contribution in [0.3, 0.4) is 0 Å². The summed E-state index contributed by atoms with van der Waals surface area (Å²) in [6.45, 7) is 0. The van der Waals surface area contributed by atoms with Crippen molar-refractivity contribution in [3.05, 3.63) is 38.1 Å². The third-order valence-electron chi connectivity index (χ3n) is 1.68. The molecule has 0 aromatic carbocycles. The number of rotatable bonds is 1. The summed E-state index contributed by atoms with van der Waals surface area (Å²) in [6, 6.07) is 3.54. The fourth-order valence-electron chi connectivity index (χ4n) is 1.05. The van der Waals surface area contributed by atoms with Crippen LogP contribution in [0.2, 0.25) is 15.2 Å². The molecule has 72 valence electrons. The maximum atomic E-state index is 5.99. The van der Waals surface area contributed by atoms with Crippen molar-refractivity contribution in [3.63, 3.8) is 0 Å². The van der Waals surface area contributed by atoms with Gasteiger partial charge in [-0.25, -0.2) is 4.98 Å². The van der Waals surface area contributed by atoms with Crippen LogP contribution in [0.1, 0.15) is 0 Å². The quantitative estimate of drug-likeness (QED) is 0.676. The van der Waals surface area contributed by atoms with Crippen LogP contribution in [-0.2, 0) is 0 Å². The van der Waals surface area contributed by atoms with Crippen molar-refractivity contribution in [2.24, 2.45) is 0 Å². The van der Waals surface area contributed by atoms with E-state index in [1.165, 1.54) is 0 Å². The summed E-state index contributed by atoms with van der Waals surface area (Å²) in [7, 11) is 0. The van der Waals surface area contributed by atoms with Gasteiger partial charge in [0.05, 0.1) is 15.7 Å². The molecule has 2 heterocycles.